The molecule has 2 N–H and O–H groups in total. The molecule has 0 aliphatic rings. The Balaban J connectivity index is 2.24. The van der Waals surface area contributed by atoms with Crippen molar-refractivity contribution >= 4 is 34.5 Å². The van der Waals surface area contributed by atoms with Crippen LogP contribution in [-0.4, -0.2) is 43.5 Å². The Hall–Kier alpha value is -1.83. The second kappa shape index (κ2) is 9.03. The maximum absolute atomic E-state index is 11.6. The quantitative estimate of drug-likeness (QED) is 0.525. The van der Waals surface area contributed by atoms with Crippen molar-refractivity contribution in [1.82, 2.24) is 25.1 Å². The Kier molecular flexibility index (Phi) is 7.04. The molecule has 0 aliphatic carbocycles. The molecular formula is C17H28N6OS. The van der Waals surface area contributed by atoms with Crippen LogP contribution in [0, 0.1) is 0 Å². The van der Waals surface area contributed by atoms with Gasteiger partial charge in [-0.15, -0.1) is 0 Å². The molecule has 25 heavy (non-hydrogen) atoms. The van der Waals surface area contributed by atoms with Gasteiger partial charge in [0.25, 0.3) is 0 Å². The first-order valence-electron chi connectivity index (χ1n) is 8.84. The summed E-state index contributed by atoms with van der Waals surface area (Å²) in [6, 6.07) is 0.270. The third-order valence-electron chi connectivity index (χ3n) is 3.37. The van der Waals surface area contributed by atoms with E-state index in [9.17, 15) is 4.79 Å². The predicted molar refractivity (Wildman–Crippen MR) is 103 cm³/mol. The van der Waals surface area contributed by atoms with Crippen molar-refractivity contribution in [2.24, 2.45) is 0 Å². The second-order valence-corrected chi connectivity index (χ2v) is 8.07. The van der Waals surface area contributed by atoms with Gasteiger partial charge in [0, 0.05) is 24.3 Å². The second-order valence-electron chi connectivity index (χ2n) is 6.53. The average Bonchev–Trinajstić information content (AvgIpc) is 2.90. The van der Waals surface area contributed by atoms with E-state index in [0.29, 0.717) is 24.8 Å². The Morgan fingerprint density at radius 3 is 2.68 bits per heavy atom. The summed E-state index contributed by atoms with van der Waals surface area (Å²) in [5.74, 6) is 0.885. The molecule has 0 radical (unpaired) electrons. The topological polar surface area (TPSA) is 84.7 Å². The van der Waals surface area contributed by atoms with E-state index in [4.69, 9.17) is 0 Å². The molecule has 2 aromatic heterocycles. The lowest BCUT2D eigenvalue weighted by Gasteiger charge is -2.12. The highest BCUT2D eigenvalue weighted by Gasteiger charge is 2.15. The average molecular weight is 365 g/mol. The van der Waals surface area contributed by atoms with E-state index >= 15 is 0 Å². The molecule has 0 fully saturated rings. The van der Waals surface area contributed by atoms with Crippen LogP contribution >= 0.6 is 11.8 Å². The number of nitrogens with one attached hydrogen (secondary N) is 2. The molecule has 0 saturated carbocycles. The van der Waals surface area contributed by atoms with E-state index in [1.54, 1.807) is 18.0 Å². The zero-order valence-electron chi connectivity index (χ0n) is 15.7. The van der Waals surface area contributed by atoms with Gasteiger partial charge in [-0.1, -0.05) is 32.5 Å². The lowest BCUT2D eigenvalue weighted by atomic mass is 10.3. The fourth-order valence-corrected chi connectivity index (χ4v) is 3.07. The summed E-state index contributed by atoms with van der Waals surface area (Å²) in [4.78, 5) is 20.9. The molecule has 2 rings (SSSR count). The fraction of sp³-hybridized carbons (Fsp3) is 0.647. The first-order valence-corrected chi connectivity index (χ1v) is 9.72. The first-order chi connectivity index (χ1) is 11.9. The summed E-state index contributed by atoms with van der Waals surface area (Å²) in [5, 5.41) is 12.8. The van der Waals surface area contributed by atoms with Gasteiger partial charge >= 0.3 is 0 Å². The van der Waals surface area contributed by atoms with Gasteiger partial charge < -0.3 is 10.6 Å². The molecule has 2 aromatic rings. The molecule has 2 heterocycles. The number of nitrogens with zero attached hydrogens (tertiary/aromatic N) is 4. The minimum Gasteiger partial charge on any atom is -0.367 e. The number of carbonyl (C=O) groups is 1. The third kappa shape index (κ3) is 5.59. The van der Waals surface area contributed by atoms with Gasteiger partial charge in [-0.3, -0.25) is 4.79 Å². The Morgan fingerprint density at radius 1 is 1.28 bits per heavy atom. The predicted octanol–water partition coefficient (Wildman–Crippen LogP) is 3.06. The van der Waals surface area contributed by atoms with Crippen LogP contribution in [0.3, 0.4) is 0 Å². The lowest BCUT2D eigenvalue weighted by molar-refractivity contribution is -0.121. The summed E-state index contributed by atoms with van der Waals surface area (Å²) < 4.78 is 1.83. The van der Waals surface area contributed by atoms with E-state index in [-0.39, 0.29) is 11.9 Å². The van der Waals surface area contributed by atoms with Crippen molar-refractivity contribution in [3.05, 3.63) is 6.20 Å². The number of amides is 1. The van der Waals surface area contributed by atoms with E-state index in [0.717, 1.165) is 28.4 Å². The van der Waals surface area contributed by atoms with Crippen molar-refractivity contribution in [2.75, 3.05) is 11.9 Å². The van der Waals surface area contributed by atoms with Crippen molar-refractivity contribution in [3.63, 3.8) is 0 Å². The Morgan fingerprint density at radius 2 is 2.04 bits per heavy atom. The molecular weight excluding hydrogens is 336 g/mol. The van der Waals surface area contributed by atoms with Crippen molar-refractivity contribution in [3.8, 4) is 0 Å². The summed E-state index contributed by atoms with van der Waals surface area (Å²) in [5.41, 5.74) is 0.797. The van der Waals surface area contributed by atoms with Gasteiger partial charge in [0.05, 0.1) is 18.1 Å². The van der Waals surface area contributed by atoms with Crippen LogP contribution < -0.4 is 10.6 Å². The summed E-state index contributed by atoms with van der Waals surface area (Å²) in [6.45, 7) is 11.5. The summed E-state index contributed by atoms with van der Waals surface area (Å²) in [7, 11) is 0. The third-order valence-corrected chi connectivity index (χ3v) is 4.23. The van der Waals surface area contributed by atoms with Gasteiger partial charge in [-0.25, -0.2) is 14.6 Å². The number of thioether (sulfide) groups is 1. The highest BCUT2D eigenvalue weighted by atomic mass is 32.2. The van der Waals surface area contributed by atoms with Crippen molar-refractivity contribution < 1.29 is 4.79 Å². The van der Waals surface area contributed by atoms with Crippen LogP contribution in [0.5, 0.6) is 0 Å². The minimum atomic E-state index is 0.0757. The van der Waals surface area contributed by atoms with Crippen LogP contribution in [0.15, 0.2) is 11.4 Å². The van der Waals surface area contributed by atoms with Crippen LogP contribution in [-0.2, 0) is 11.3 Å². The summed E-state index contributed by atoms with van der Waals surface area (Å²) in [6.07, 6.45) is 3.20. The van der Waals surface area contributed by atoms with Crippen LogP contribution in [0.1, 0.15) is 47.5 Å². The number of carbonyl (C=O) groups excluding carboxylic acids is 1. The number of anilines is 1. The molecule has 8 heteroatoms. The van der Waals surface area contributed by atoms with E-state index in [1.807, 2.05) is 11.6 Å². The lowest BCUT2D eigenvalue weighted by Crippen LogP contribution is -2.27. The highest BCUT2D eigenvalue weighted by molar-refractivity contribution is 7.99. The van der Waals surface area contributed by atoms with E-state index in [2.05, 4.69) is 53.4 Å². The van der Waals surface area contributed by atoms with Gasteiger partial charge in [0.15, 0.2) is 10.8 Å². The first kappa shape index (κ1) is 19.5. The minimum absolute atomic E-state index is 0.0757. The largest absolute Gasteiger partial charge is 0.367 e. The normalized spacial score (nSPS) is 11.5. The SMILES string of the molecule is CCCC(=O)NCCn1ncc2c(NC(C)C)nc(SC(C)C)nc21. The maximum atomic E-state index is 11.6. The molecule has 0 saturated heterocycles. The van der Waals surface area contributed by atoms with E-state index < -0.39 is 0 Å². The number of hydrogen-bond donors (Lipinski definition) is 2. The van der Waals surface area contributed by atoms with Gasteiger partial charge in [-0.2, -0.15) is 5.10 Å². The maximum Gasteiger partial charge on any atom is 0.220 e. The Labute approximate surface area is 153 Å². The number of rotatable bonds is 9. The van der Waals surface area contributed by atoms with Crippen LogP contribution in [0.2, 0.25) is 0 Å². The van der Waals surface area contributed by atoms with Gasteiger partial charge in [0.1, 0.15) is 5.82 Å². The van der Waals surface area contributed by atoms with Crippen molar-refractivity contribution in [1.29, 1.82) is 0 Å². The van der Waals surface area contributed by atoms with Crippen molar-refractivity contribution in [2.45, 2.75) is 70.5 Å². The zero-order chi connectivity index (χ0) is 18.4. The van der Waals surface area contributed by atoms with Gasteiger partial charge in [0.2, 0.25) is 5.91 Å². The molecule has 138 valence electrons. The Bertz CT molecular complexity index is 712. The molecule has 1 amide bonds. The molecule has 0 spiro atoms. The molecule has 0 bridgehead atoms. The molecule has 0 aromatic carbocycles. The fourth-order valence-electron chi connectivity index (χ4n) is 2.36. The van der Waals surface area contributed by atoms with Gasteiger partial charge in [-0.05, 0) is 20.3 Å². The molecule has 0 unspecified atom stereocenters. The molecule has 0 atom stereocenters. The summed E-state index contributed by atoms with van der Waals surface area (Å²) >= 11 is 1.63. The highest BCUT2D eigenvalue weighted by Crippen LogP contribution is 2.26. The standard InChI is InChI=1S/C17H28N6OS/c1-6-7-14(24)18-8-9-23-16-13(10-19-23)15(20-11(2)3)21-17(22-16)25-12(4)5/h10-12H,6-9H2,1-5H3,(H,18,24)(H,20,21,22). The smallest absolute Gasteiger partial charge is 0.220 e. The van der Waals surface area contributed by atoms with E-state index in [1.165, 1.54) is 0 Å². The van der Waals surface area contributed by atoms with Crippen LogP contribution in [0.4, 0.5) is 5.82 Å². The monoisotopic (exact) mass is 364 g/mol. The van der Waals surface area contributed by atoms with Crippen LogP contribution in [0.25, 0.3) is 11.0 Å². The molecule has 0 aliphatic heterocycles. The number of aromatic nitrogens is 4. The number of fused-ring (bicyclic) bond motifs is 1. The number of hydrogen-bond acceptors (Lipinski definition) is 6. The zero-order valence-corrected chi connectivity index (χ0v) is 16.5. The molecule has 7 nitrogen and oxygen atoms in total.